The third-order valence-corrected chi connectivity index (χ3v) is 4.32. The van der Waals surface area contributed by atoms with Crippen molar-refractivity contribution in [1.29, 1.82) is 0 Å². The van der Waals surface area contributed by atoms with Gasteiger partial charge in [0.05, 0.1) is 46.5 Å². The predicted molar refractivity (Wildman–Crippen MR) is 112 cm³/mol. The SMILES string of the molecule is COc1cc(OC)cc(C(=O)N/N=C/c2cn[nH]c2-c2ccc(OC)c(OC)c2)c1. The molecule has 1 amide bonds. The minimum Gasteiger partial charge on any atom is -0.497 e. The number of hydrazone groups is 1. The monoisotopic (exact) mass is 410 g/mol. The summed E-state index contributed by atoms with van der Waals surface area (Å²) in [6.07, 6.45) is 3.11. The van der Waals surface area contributed by atoms with Crippen LogP contribution in [0.5, 0.6) is 23.0 Å². The fourth-order valence-electron chi connectivity index (χ4n) is 2.78. The molecule has 0 radical (unpaired) electrons. The second-order valence-corrected chi connectivity index (χ2v) is 6.07. The van der Waals surface area contributed by atoms with E-state index in [1.165, 1.54) is 20.4 Å². The maximum absolute atomic E-state index is 12.4. The molecule has 0 aliphatic rings. The molecule has 0 fully saturated rings. The molecule has 3 rings (SSSR count). The molecule has 2 aromatic carbocycles. The number of amides is 1. The van der Waals surface area contributed by atoms with Gasteiger partial charge in [-0.1, -0.05) is 0 Å². The molecule has 1 aromatic heterocycles. The van der Waals surface area contributed by atoms with Gasteiger partial charge in [0.2, 0.25) is 0 Å². The standard InChI is InChI=1S/C21H22N4O5/c1-27-16-7-14(8-17(10-16)28-2)21(26)25-23-12-15-11-22-24-20(15)13-5-6-18(29-3)19(9-13)30-4/h5-12H,1-4H3,(H,22,24)(H,25,26)/b23-12+. The number of rotatable bonds is 8. The molecule has 9 heteroatoms. The van der Waals surface area contributed by atoms with Crippen molar-refractivity contribution < 1.29 is 23.7 Å². The van der Waals surface area contributed by atoms with Crippen molar-refractivity contribution in [2.24, 2.45) is 5.10 Å². The van der Waals surface area contributed by atoms with Crippen molar-refractivity contribution >= 4 is 12.1 Å². The summed E-state index contributed by atoms with van der Waals surface area (Å²) < 4.78 is 21.0. The lowest BCUT2D eigenvalue weighted by Gasteiger charge is -2.09. The van der Waals surface area contributed by atoms with E-state index in [0.717, 1.165) is 11.3 Å². The molecular weight excluding hydrogens is 388 g/mol. The average Bonchev–Trinajstić information content (AvgIpc) is 3.26. The Bertz CT molecular complexity index is 1040. The van der Waals surface area contributed by atoms with Crippen molar-refractivity contribution in [3.8, 4) is 34.3 Å². The summed E-state index contributed by atoms with van der Waals surface area (Å²) in [7, 11) is 6.18. The smallest absolute Gasteiger partial charge is 0.271 e. The highest BCUT2D eigenvalue weighted by atomic mass is 16.5. The Morgan fingerprint density at radius 1 is 0.967 bits per heavy atom. The van der Waals surface area contributed by atoms with Crippen LogP contribution in [0.25, 0.3) is 11.3 Å². The number of aromatic amines is 1. The number of carbonyl (C=O) groups excluding carboxylic acids is 1. The van der Waals surface area contributed by atoms with Crippen LogP contribution in [0.3, 0.4) is 0 Å². The lowest BCUT2D eigenvalue weighted by Crippen LogP contribution is -2.17. The molecule has 30 heavy (non-hydrogen) atoms. The van der Waals surface area contributed by atoms with Gasteiger partial charge in [0.25, 0.3) is 5.91 Å². The van der Waals surface area contributed by atoms with Gasteiger partial charge in [0.1, 0.15) is 11.5 Å². The Morgan fingerprint density at radius 3 is 2.30 bits per heavy atom. The fraction of sp³-hybridized carbons (Fsp3) is 0.190. The maximum Gasteiger partial charge on any atom is 0.271 e. The molecule has 1 heterocycles. The number of H-pyrrole nitrogens is 1. The van der Waals surface area contributed by atoms with Crippen molar-refractivity contribution in [1.82, 2.24) is 15.6 Å². The molecule has 0 spiro atoms. The van der Waals surface area contributed by atoms with E-state index in [-0.39, 0.29) is 0 Å². The summed E-state index contributed by atoms with van der Waals surface area (Å²) >= 11 is 0. The molecule has 0 aliphatic carbocycles. The van der Waals surface area contributed by atoms with E-state index >= 15 is 0 Å². The number of benzene rings is 2. The lowest BCUT2D eigenvalue weighted by molar-refractivity contribution is 0.0954. The topological polar surface area (TPSA) is 107 Å². The van der Waals surface area contributed by atoms with E-state index < -0.39 is 5.91 Å². The number of carbonyl (C=O) groups is 1. The Morgan fingerprint density at radius 2 is 1.67 bits per heavy atom. The number of nitrogens with one attached hydrogen (secondary N) is 2. The highest BCUT2D eigenvalue weighted by Gasteiger charge is 2.12. The van der Waals surface area contributed by atoms with Crippen molar-refractivity contribution in [2.45, 2.75) is 0 Å². The Labute approximate surface area is 173 Å². The summed E-state index contributed by atoms with van der Waals surface area (Å²) in [5.74, 6) is 1.83. The number of hydrogen-bond acceptors (Lipinski definition) is 7. The van der Waals surface area contributed by atoms with Crippen LogP contribution in [0.4, 0.5) is 0 Å². The number of aromatic nitrogens is 2. The lowest BCUT2D eigenvalue weighted by atomic mass is 10.1. The number of ether oxygens (including phenoxy) is 4. The van der Waals surface area contributed by atoms with Crippen LogP contribution >= 0.6 is 0 Å². The Hall–Kier alpha value is -4.01. The molecule has 9 nitrogen and oxygen atoms in total. The summed E-state index contributed by atoms with van der Waals surface area (Å²) in [4.78, 5) is 12.4. The summed E-state index contributed by atoms with van der Waals surface area (Å²) in [6.45, 7) is 0. The van der Waals surface area contributed by atoms with Gasteiger partial charge in [-0.2, -0.15) is 10.2 Å². The first-order valence-electron chi connectivity index (χ1n) is 8.91. The van der Waals surface area contributed by atoms with Crippen molar-refractivity contribution in [3.63, 3.8) is 0 Å². The molecule has 0 aliphatic heterocycles. The maximum atomic E-state index is 12.4. The van der Waals surface area contributed by atoms with E-state index in [2.05, 4.69) is 20.7 Å². The second-order valence-electron chi connectivity index (χ2n) is 6.07. The van der Waals surface area contributed by atoms with Crippen LogP contribution in [0.2, 0.25) is 0 Å². The Balaban J connectivity index is 1.77. The first-order chi connectivity index (χ1) is 14.6. The zero-order chi connectivity index (χ0) is 21.5. The van der Waals surface area contributed by atoms with Gasteiger partial charge >= 0.3 is 0 Å². The third-order valence-electron chi connectivity index (χ3n) is 4.32. The van der Waals surface area contributed by atoms with E-state index in [1.54, 1.807) is 44.7 Å². The first-order valence-corrected chi connectivity index (χ1v) is 8.91. The van der Waals surface area contributed by atoms with Crippen LogP contribution in [-0.2, 0) is 0 Å². The van der Waals surface area contributed by atoms with Gasteiger partial charge < -0.3 is 18.9 Å². The van der Waals surface area contributed by atoms with Crippen LogP contribution in [0.15, 0.2) is 47.7 Å². The average molecular weight is 410 g/mol. The minimum absolute atomic E-state index is 0.357. The van der Waals surface area contributed by atoms with Gasteiger partial charge in [-0.15, -0.1) is 0 Å². The third kappa shape index (κ3) is 4.52. The first kappa shape index (κ1) is 20.7. The fourth-order valence-corrected chi connectivity index (χ4v) is 2.78. The van der Waals surface area contributed by atoms with Crippen molar-refractivity contribution in [3.05, 3.63) is 53.7 Å². The molecule has 0 saturated carbocycles. The molecule has 0 atom stereocenters. The van der Waals surface area contributed by atoms with Crippen LogP contribution in [-0.4, -0.2) is 50.8 Å². The Kier molecular flexibility index (Phi) is 6.53. The summed E-state index contributed by atoms with van der Waals surface area (Å²) in [6, 6.07) is 10.4. The van der Waals surface area contributed by atoms with Gasteiger partial charge in [0, 0.05) is 22.8 Å². The van der Waals surface area contributed by atoms with Gasteiger partial charge in [0.15, 0.2) is 11.5 Å². The van der Waals surface area contributed by atoms with E-state index in [9.17, 15) is 4.79 Å². The van der Waals surface area contributed by atoms with Gasteiger partial charge in [-0.25, -0.2) is 5.43 Å². The normalized spacial score (nSPS) is 10.7. The van der Waals surface area contributed by atoms with Gasteiger partial charge in [-0.3, -0.25) is 9.89 Å². The van der Waals surface area contributed by atoms with E-state index in [0.29, 0.717) is 34.1 Å². The van der Waals surface area contributed by atoms with Gasteiger partial charge in [-0.05, 0) is 30.3 Å². The van der Waals surface area contributed by atoms with Crippen LogP contribution in [0, 0.1) is 0 Å². The molecular formula is C21H22N4O5. The molecule has 156 valence electrons. The zero-order valence-electron chi connectivity index (χ0n) is 17.1. The number of methoxy groups -OCH3 is 4. The highest BCUT2D eigenvalue weighted by molar-refractivity contribution is 5.96. The molecule has 0 unspecified atom stereocenters. The summed E-state index contributed by atoms with van der Waals surface area (Å²) in [5.41, 5.74) is 5.08. The van der Waals surface area contributed by atoms with Crippen LogP contribution in [0.1, 0.15) is 15.9 Å². The second kappa shape index (κ2) is 9.46. The van der Waals surface area contributed by atoms with Crippen LogP contribution < -0.4 is 24.4 Å². The molecule has 0 saturated heterocycles. The molecule has 0 bridgehead atoms. The predicted octanol–water partition coefficient (Wildman–Crippen LogP) is 2.88. The zero-order valence-corrected chi connectivity index (χ0v) is 17.1. The number of hydrogen-bond donors (Lipinski definition) is 2. The highest BCUT2D eigenvalue weighted by Crippen LogP contribution is 2.32. The van der Waals surface area contributed by atoms with Crippen molar-refractivity contribution in [2.75, 3.05) is 28.4 Å². The minimum atomic E-state index is -0.403. The molecule has 3 aromatic rings. The van der Waals surface area contributed by atoms with E-state index in [1.807, 2.05) is 12.1 Å². The summed E-state index contributed by atoms with van der Waals surface area (Å²) in [5, 5.41) is 11.0. The van der Waals surface area contributed by atoms with E-state index in [4.69, 9.17) is 18.9 Å². The molecule has 2 N–H and O–H groups in total. The number of nitrogens with zero attached hydrogens (tertiary/aromatic N) is 2. The quantitative estimate of drug-likeness (QED) is 0.437. The largest absolute Gasteiger partial charge is 0.497 e.